The molecule has 0 radical (unpaired) electrons. The van der Waals surface area contributed by atoms with Gasteiger partial charge in [0.05, 0.1) is 12.2 Å². The van der Waals surface area contributed by atoms with Crippen molar-refractivity contribution in [2.24, 2.45) is 5.92 Å². The van der Waals surface area contributed by atoms with E-state index in [0.29, 0.717) is 6.54 Å². The summed E-state index contributed by atoms with van der Waals surface area (Å²) in [7, 11) is 0. The second-order valence-electron chi connectivity index (χ2n) is 4.57. The first-order valence-corrected chi connectivity index (χ1v) is 7.38. The zero-order chi connectivity index (χ0) is 13.5. The predicted molar refractivity (Wildman–Crippen MR) is 75.4 cm³/mol. The van der Waals surface area contributed by atoms with Gasteiger partial charge in [-0.05, 0) is 13.1 Å². The molecule has 0 saturated heterocycles. The first kappa shape index (κ1) is 15.1. The molecule has 18 heavy (non-hydrogen) atoms. The van der Waals surface area contributed by atoms with Crippen molar-refractivity contribution in [3.05, 3.63) is 16.1 Å². The van der Waals surface area contributed by atoms with Crippen LogP contribution >= 0.6 is 11.3 Å². The zero-order valence-electron chi connectivity index (χ0n) is 11.7. The van der Waals surface area contributed by atoms with E-state index in [1.54, 1.807) is 11.3 Å². The van der Waals surface area contributed by atoms with Crippen LogP contribution < -0.4 is 5.32 Å². The Morgan fingerprint density at radius 3 is 2.67 bits per heavy atom. The molecule has 0 atom stereocenters. The number of nitrogens with zero attached hydrogens (tertiary/aromatic N) is 2. The Bertz CT molecular complexity index is 372. The van der Waals surface area contributed by atoms with Gasteiger partial charge in [0, 0.05) is 17.8 Å². The number of carbonyl (C=O) groups is 1. The summed E-state index contributed by atoms with van der Waals surface area (Å²) >= 11 is 1.61. The molecule has 0 aliphatic rings. The highest BCUT2D eigenvalue weighted by molar-refractivity contribution is 7.09. The number of amides is 1. The van der Waals surface area contributed by atoms with Crippen molar-refractivity contribution in [3.8, 4) is 0 Å². The molecule has 1 amide bonds. The molecule has 5 heteroatoms. The first-order chi connectivity index (χ1) is 8.56. The average molecular weight is 269 g/mol. The number of hydrogen-bond acceptors (Lipinski definition) is 4. The van der Waals surface area contributed by atoms with Crippen LogP contribution in [0.15, 0.2) is 5.38 Å². The Morgan fingerprint density at radius 1 is 1.44 bits per heavy atom. The van der Waals surface area contributed by atoms with Gasteiger partial charge in [0.2, 0.25) is 5.91 Å². The fourth-order valence-electron chi connectivity index (χ4n) is 1.55. The number of aromatic nitrogens is 1. The van der Waals surface area contributed by atoms with Crippen LogP contribution in [0.3, 0.4) is 0 Å². The molecule has 0 bridgehead atoms. The van der Waals surface area contributed by atoms with E-state index >= 15 is 0 Å². The monoisotopic (exact) mass is 269 g/mol. The van der Waals surface area contributed by atoms with Gasteiger partial charge in [-0.1, -0.05) is 27.7 Å². The van der Waals surface area contributed by atoms with Crippen LogP contribution in [-0.2, 0) is 17.9 Å². The van der Waals surface area contributed by atoms with Gasteiger partial charge < -0.3 is 5.32 Å². The van der Waals surface area contributed by atoms with E-state index in [1.165, 1.54) is 0 Å². The Balaban J connectivity index is 2.45. The second kappa shape index (κ2) is 7.48. The topological polar surface area (TPSA) is 45.2 Å². The predicted octanol–water partition coefficient (Wildman–Crippen LogP) is 2.26. The maximum Gasteiger partial charge on any atom is 0.222 e. The summed E-state index contributed by atoms with van der Waals surface area (Å²) in [4.78, 5) is 18.3. The fraction of sp³-hybridized carbons (Fsp3) is 0.692. The Hall–Kier alpha value is -0.940. The van der Waals surface area contributed by atoms with Crippen molar-refractivity contribution in [1.82, 2.24) is 15.2 Å². The van der Waals surface area contributed by atoms with Crippen LogP contribution in [0, 0.1) is 5.92 Å². The molecular weight excluding hydrogens is 246 g/mol. The summed E-state index contributed by atoms with van der Waals surface area (Å²) in [6.45, 7) is 11.6. The Kier molecular flexibility index (Phi) is 6.29. The van der Waals surface area contributed by atoms with Crippen LogP contribution in [0.5, 0.6) is 0 Å². The minimum Gasteiger partial charge on any atom is -0.349 e. The molecule has 0 aromatic carbocycles. The van der Waals surface area contributed by atoms with E-state index in [9.17, 15) is 4.79 Å². The average Bonchev–Trinajstić information content (AvgIpc) is 2.80. The van der Waals surface area contributed by atoms with Crippen molar-refractivity contribution < 1.29 is 4.79 Å². The van der Waals surface area contributed by atoms with Crippen LogP contribution in [0.1, 0.15) is 38.4 Å². The molecule has 1 N–H and O–H groups in total. The molecule has 1 aromatic rings. The lowest BCUT2D eigenvalue weighted by atomic mass is 10.2. The smallest absolute Gasteiger partial charge is 0.222 e. The minimum atomic E-state index is 0.0279. The third-order valence-electron chi connectivity index (χ3n) is 2.82. The Labute approximate surface area is 113 Å². The molecule has 0 spiro atoms. The number of nitrogens with one attached hydrogen (secondary N) is 1. The maximum absolute atomic E-state index is 11.5. The minimum absolute atomic E-state index is 0.0279. The lowest BCUT2D eigenvalue weighted by Gasteiger charge is -2.15. The summed E-state index contributed by atoms with van der Waals surface area (Å²) < 4.78 is 0. The highest BCUT2D eigenvalue weighted by Crippen LogP contribution is 2.11. The van der Waals surface area contributed by atoms with Crippen LogP contribution in [0.2, 0.25) is 0 Å². The van der Waals surface area contributed by atoms with Crippen LogP contribution in [0.4, 0.5) is 0 Å². The SMILES string of the molecule is CCN(CC)Cc1csc(CNC(=O)C(C)C)n1. The number of thiazole rings is 1. The van der Waals surface area contributed by atoms with Gasteiger partial charge >= 0.3 is 0 Å². The van der Waals surface area contributed by atoms with E-state index in [4.69, 9.17) is 0 Å². The van der Waals surface area contributed by atoms with E-state index in [0.717, 1.165) is 30.3 Å². The van der Waals surface area contributed by atoms with Crippen LogP contribution in [-0.4, -0.2) is 28.9 Å². The molecule has 0 saturated carbocycles. The highest BCUT2D eigenvalue weighted by atomic mass is 32.1. The zero-order valence-corrected chi connectivity index (χ0v) is 12.5. The number of rotatable bonds is 7. The lowest BCUT2D eigenvalue weighted by molar-refractivity contribution is -0.124. The summed E-state index contributed by atoms with van der Waals surface area (Å²) in [6.07, 6.45) is 0. The largest absolute Gasteiger partial charge is 0.349 e. The van der Waals surface area contributed by atoms with Gasteiger partial charge in [0.25, 0.3) is 0 Å². The molecule has 1 heterocycles. The van der Waals surface area contributed by atoms with Gasteiger partial charge in [0.1, 0.15) is 5.01 Å². The van der Waals surface area contributed by atoms with Gasteiger partial charge in [-0.15, -0.1) is 11.3 Å². The molecular formula is C13H23N3OS. The van der Waals surface area contributed by atoms with Gasteiger partial charge in [-0.2, -0.15) is 0 Å². The number of hydrogen-bond donors (Lipinski definition) is 1. The Morgan fingerprint density at radius 2 is 2.11 bits per heavy atom. The standard InChI is InChI=1S/C13H23N3OS/c1-5-16(6-2)8-11-9-18-12(15-11)7-14-13(17)10(3)4/h9-10H,5-8H2,1-4H3,(H,14,17). The maximum atomic E-state index is 11.5. The fourth-order valence-corrected chi connectivity index (χ4v) is 2.27. The third-order valence-corrected chi connectivity index (χ3v) is 3.72. The molecule has 0 fully saturated rings. The molecule has 1 aromatic heterocycles. The second-order valence-corrected chi connectivity index (χ2v) is 5.51. The highest BCUT2D eigenvalue weighted by Gasteiger charge is 2.09. The summed E-state index contributed by atoms with van der Waals surface area (Å²) in [5, 5.41) is 5.94. The van der Waals surface area contributed by atoms with Gasteiger partial charge in [0.15, 0.2) is 0 Å². The normalized spacial score (nSPS) is 11.2. The van der Waals surface area contributed by atoms with Gasteiger partial charge in [-0.25, -0.2) is 4.98 Å². The van der Waals surface area contributed by atoms with Crippen molar-refractivity contribution >= 4 is 17.2 Å². The van der Waals surface area contributed by atoms with Crippen LogP contribution in [0.25, 0.3) is 0 Å². The van der Waals surface area contributed by atoms with E-state index in [-0.39, 0.29) is 11.8 Å². The van der Waals surface area contributed by atoms with Crippen molar-refractivity contribution in [2.45, 2.75) is 40.8 Å². The van der Waals surface area contributed by atoms with Crippen molar-refractivity contribution in [3.63, 3.8) is 0 Å². The molecule has 0 unspecified atom stereocenters. The van der Waals surface area contributed by atoms with E-state index in [2.05, 4.69) is 34.4 Å². The first-order valence-electron chi connectivity index (χ1n) is 6.50. The quantitative estimate of drug-likeness (QED) is 0.826. The third kappa shape index (κ3) is 4.74. The molecule has 1 rings (SSSR count). The lowest BCUT2D eigenvalue weighted by Crippen LogP contribution is -2.27. The van der Waals surface area contributed by atoms with Gasteiger partial charge in [-0.3, -0.25) is 9.69 Å². The van der Waals surface area contributed by atoms with Crippen molar-refractivity contribution in [1.29, 1.82) is 0 Å². The summed E-state index contributed by atoms with van der Waals surface area (Å²) in [5.74, 6) is 0.107. The number of carbonyl (C=O) groups excluding carboxylic acids is 1. The van der Waals surface area contributed by atoms with E-state index < -0.39 is 0 Å². The van der Waals surface area contributed by atoms with Crippen molar-refractivity contribution in [2.75, 3.05) is 13.1 Å². The molecule has 0 aliphatic carbocycles. The summed E-state index contributed by atoms with van der Waals surface area (Å²) in [5.41, 5.74) is 1.09. The molecule has 4 nitrogen and oxygen atoms in total. The molecule has 102 valence electrons. The molecule has 0 aliphatic heterocycles. The summed E-state index contributed by atoms with van der Waals surface area (Å²) in [6, 6.07) is 0. The van der Waals surface area contributed by atoms with E-state index in [1.807, 2.05) is 13.8 Å².